The molecule has 0 saturated heterocycles. The maximum atomic E-state index is 13.2. The Balaban J connectivity index is 4.67. The van der Waals surface area contributed by atoms with Crippen LogP contribution in [0.4, 0.5) is 0 Å². The van der Waals surface area contributed by atoms with Crippen molar-refractivity contribution in [2.75, 3.05) is 6.61 Å². The summed E-state index contributed by atoms with van der Waals surface area (Å²) in [5, 5.41) is 23.7. The second-order valence-corrected chi connectivity index (χ2v) is 17.2. The molecule has 3 unspecified atom stereocenters. The van der Waals surface area contributed by atoms with Gasteiger partial charge in [0, 0.05) is 6.42 Å². The number of allylic oxidation sites excluding steroid dienone is 10. The first-order valence-electron chi connectivity index (χ1n) is 25.5. The number of carbonyl (C=O) groups is 2. The second-order valence-electron chi connectivity index (χ2n) is 17.2. The maximum absolute atomic E-state index is 13.2. The molecule has 6 heteroatoms. The van der Waals surface area contributed by atoms with Gasteiger partial charge in [0.1, 0.15) is 6.10 Å². The van der Waals surface area contributed by atoms with Gasteiger partial charge in [-0.2, -0.15) is 0 Å². The third-order valence-electron chi connectivity index (χ3n) is 11.3. The third kappa shape index (κ3) is 42.3. The zero-order valence-corrected chi connectivity index (χ0v) is 39.6. The molecule has 0 rings (SSSR count). The summed E-state index contributed by atoms with van der Waals surface area (Å²) in [6.07, 6.45) is 58.5. The zero-order valence-electron chi connectivity index (χ0n) is 39.6. The van der Waals surface area contributed by atoms with Crippen LogP contribution in [0.1, 0.15) is 245 Å². The standard InChI is InChI=1S/C54H97NO5/c1-4-7-10-13-16-19-22-25-27-29-32-35-38-41-44-47-54(59)60-50(45-42-39-36-33-30-28-26-23-20-17-14-11-8-5-2)48-53(58)55-51(49-56)52(57)46-43-40-37-34-31-24-21-18-15-12-9-6-3/h8,11,17,19-20,22,26,28,33,36,50-52,56-57H,4-7,9-10,12-16,18,21,23-25,27,29-32,34-35,37-49H2,1-3H3,(H,55,58)/b11-8+,20-17+,22-19-,28-26+,36-33+. The Hall–Kier alpha value is -2.44. The van der Waals surface area contributed by atoms with E-state index in [1.165, 1.54) is 122 Å². The first kappa shape index (κ1) is 57.6. The number of esters is 1. The monoisotopic (exact) mass is 840 g/mol. The van der Waals surface area contributed by atoms with E-state index in [0.29, 0.717) is 19.3 Å². The molecule has 0 saturated carbocycles. The number of aliphatic hydroxyl groups excluding tert-OH is 2. The van der Waals surface area contributed by atoms with Gasteiger partial charge in [-0.3, -0.25) is 9.59 Å². The molecule has 3 atom stereocenters. The van der Waals surface area contributed by atoms with Gasteiger partial charge in [0.2, 0.25) is 5.91 Å². The minimum atomic E-state index is -0.803. The van der Waals surface area contributed by atoms with Crippen molar-refractivity contribution in [1.82, 2.24) is 5.32 Å². The average Bonchev–Trinajstić information content (AvgIpc) is 3.24. The molecule has 0 spiro atoms. The SMILES string of the molecule is CC/C=C/C/C=C/C/C=C/C/C=C/CCCC(CC(=O)NC(CO)C(O)CCCCCCCCCCCCCC)OC(=O)CCCCCCCCC/C=C\CCCCCC. The highest BCUT2D eigenvalue weighted by Gasteiger charge is 2.24. The topological polar surface area (TPSA) is 95.9 Å². The molecule has 0 aromatic carbocycles. The summed E-state index contributed by atoms with van der Waals surface area (Å²) in [4.78, 5) is 26.1. The van der Waals surface area contributed by atoms with Crippen LogP contribution in [0.15, 0.2) is 60.8 Å². The van der Waals surface area contributed by atoms with Gasteiger partial charge in [-0.05, 0) is 83.5 Å². The van der Waals surface area contributed by atoms with Crippen LogP contribution in [0.3, 0.4) is 0 Å². The van der Waals surface area contributed by atoms with Crippen LogP contribution in [0.5, 0.6) is 0 Å². The summed E-state index contributed by atoms with van der Waals surface area (Å²) in [6.45, 7) is 6.34. The molecule has 0 aliphatic rings. The fraction of sp³-hybridized carbons (Fsp3) is 0.778. The van der Waals surface area contributed by atoms with Crippen molar-refractivity contribution in [3.8, 4) is 0 Å². The first-order valence-corrected chi connectivity index (χ1v) is 25.5. The van der Waals surface area contributed by atoms with Gasteiger partial charge in [-0.25, -0.2) is 0 Å². The van der Waals surface area contributed by atoms with Crippen LogP contribution >= 0.6 is 0 Å². The third-order valence-corrected chi connectivity index (χ3v) is 11.3. The van der Waals surface area contributed by atoms with Gasteiger partial charge in [-0.1, -0.05) is 210 Å². The predicted octanol–water partition coefficient (Wildman–Crippen LogP) is 15.2. The summed E-state index contributed by atoms with van der Waals surface area (Å²) >= 11 is 0. The lowest BCUT2D eigenvalue weighted by Gasteiger charge is -2.24. The zero-order chi connectivity index (χ0) is 43.8. The van der Waals surface area contributed by atoms with Crippen molar-refractivity contribution >= 4 is 11.9 Å². The molecule has 6 nitrogen and oxygen atoms in total. The highest BCUT2D eigenvalue weighted by atomic mass is 16.5. The average molecular weight is 840 g/mol. The van der Waals surface area contributed by atoms with Crippen molar-refractivity contribution < 1.29 is 24.5 Å². The molecule has 0 aromatic heterocycles. The van der Waals surface area contributed by atoms with E-state index in [-0.39, 0.29) is 24.9 Å². The Morgan fingerprint density at radius 2 is 0.917 bits per heavy atom. The Bertz CT molecular complexity index is 1080. The van der Waals surface area contributed by atoms with Crippen LogP contribution in [-0.2, 0) is 14.3 Å². The van der Waals surface area contributed by atoms with Crippen LogP contribution in [0.25, 0.3) is 0 Å². The van der Waals surface area contributed by atoms with Crippen LogP contribution in [-0.4, -0.2) is 46.9 Å². The molecular formula is C54H97NO5. The maximum Gasteiger partial charge on any atom is 0.306 e. The minimum absolute atomic E-state index is 0.0375. The van der Waals surface area contributed by atoms with E-state index < -0.39 is 18.2 Å². The number of hydrogen-bond acceptors (Lipinski definition) is 5. The molecule has 0 aliphatic heterocycles. The Labute approximate surface area is 371 Å². The molecule has 0 heterocycles. The number of rotatable bonds is 45. The largest absolute Gasteiger partial charge is 0.462 e. The number of hydrogen-bond donors (Lipinski definition) is 3. The number of aliphatic hydroxyl groups is 2. The number of amides is 1. The Morgan fingerprint density at radius 1 is 0.500 bits per heavy atom. The number of carbonyl (C=O) groups excluding carboxylic acids is 2. The van der Waals surface area contributed by atoms with Gasteiger partial charge >= 0.3 is 5.97 Å². The fourth-order valence-electron chi connectivity index (χ4n) is 7.48. The fourth-order valence-corrected chi connectivity index (χ4v) is 7.48. The molecule has 0 fully saturated rings. The van der Waals surface area contributed by atoms with Crippen LogP contribution < -0.4 is 5.32 Å². The van der Waals surface area contributed by atoms with Gasteiger partial charge in [0.25, 0.3) is 0 Å². The molecule has 60 heavy (non-hydrogen) atoms. The molecule has 0 bridgehead atoms. The summed E-state index contributed by atoms with van der Waals surface area (Å²) < 4.78 is 5.90. The van der Waals surface area contributed by atoms with Crippen molar-refractivity contribution in [2.45, 2.75) is 264 Å². The molecule has 0 aliphatic carbocycles. The van der Waals surface area contributed by atoms with Crippen LogP contribution in [0, 0.1) is 0 Å². The first-order chi connectivity index (χ1) is 29.5. The summed E-state index contributed by atoms with van der Waals surface area (Å²) in [7, 11) is 0. The van der Waals surface area contributed by atoms with E-state index in [9.17, 15) is 19.8 Å². The van der Waals surface area contributed by atoms with E-state index in [1.54, 1.807) is 0 Å². The van der Waals surface area contributed by atoms with Gasteiger partial charge in [-0.15, -0.1) is 0 Å². The highest BCUT2D eigenvalue weighted by molar-refractivity contribution is 5.77. The van der Waals surface area contributed by atoms with Crippen molar-refractivity contribution in [3.63, 3.8) is 0 Å². The van der Waals surface area contributed by atoms with Gasteiger partial charge < -0.3 is 20.3 Å². The smallest absolute Gasteiger partial charge is 0.306 e. The number of unbranched alkanes of at least 4 members (excludes halogenated alkanes) is 23. The highest BCUT2D eigenvalue weighted by Crippen LogP contribution is 2.17. The molecule has 1 amide bonds. The van der Waals surface area contributed by atoms with E-state index in [4.69, 9.17) is 4.74 Å². The van der Waals surface area contributed by atoms with Crippen molar-refractivity contribution in [2.24, 2.45) is 0 Å². The van der Waals surface area contributed by atoms with E-state index >= 15 is 0 Å². The van der Waals surface area contributed by atoms with E-state index in [2.05, 4.69) is 86.8 Å². The lowest BCUT2D eigenvalue weighted by Crippen LogP contribution is -2.46. The lowest BCUT2D eigenvalue weighted by atomic mass is 10.0. The van der Waals surface area contributed by atoms with Crippen molar-refractivity contribution in [3.05, 3.63) is 60.8 Å². The van der Waals surface area contributed by atoms with Gasteiger partial charge in [0.15, 0.2) is 0 Å². The molecule has 3 N–H and O–H groups in total. The Morgan fingerprint density at radius 3 is 1.43 bits per heavy atom. The summed E-state index contributed by atoms with van der Waals surface area (Å²) in [5.74, 6) is -0.532. The summed E-state index contributed by atoms with van der Waals surface area (Å²) in [5.41, 5.74) is 0. The number of ether oxygens (including phenoxy) is 1. The van der Waals surface area contributed by atoms with Crippen molar-refractivity contribution in [1.29, 1.82) is 0 Å². The molecule has 348 valence electrons. The second kappa shape index (κ2) is 47.6. The van der Waals surface area contributed by atoms with E-state index in [0.717, 1.165) is 77.0 Å². The minimum Gasteiger partial charge on any atom is -0.462 e. The van der Waals surface area contributed by atoms with Gasteiger partial charge in [0.05, 0.1) is 25.2 Å². The van der Waals surface area contributed by atoms with Crippen LogP contribution in [0.2, 0.25) is 0 Å². The Kier molecular flexibility index (Phi) is 45.7. The number of nitrogens with one attached hydrogen (secondary N) is 1. The predicted molar refractivity (Wildman–Crippen MR) is 259 cm³/mol. The molecule has 0 aromatic rings. The van der Waals surface area contributed by atoms with E-state index in [1.807, 2.05) is 0 Å². The normalized spacial score (nSPS) is 13.8. The summed E-state index contributed by atoms with van der Waals surface area (Å²) in [6, 6.07) is -0.720. The lowest BCUT2D eigenvalue weighted by molar-refractivity contribution is -0.151. The molecule has 0 radical (unpaired) electrons. The quantitative estimate of drug-likeness (QED) is 0.0322. The molecular weight excluding hydrogens is 743 g/mol.